The molecular formula is C18H14ClN3O3S. The monoisotopic (exact) mass is 387 g/mol. The lowest BCUT2D eigenvalue weighted by Crippen LogP contribution is -2.30. The van der Waals surface area contributed by atoms with Crippen molar-refractivity contribution in [1.29, 1.82) is 5.26 Å². The fourth-order valence-electron chi connectivity index (χ4n) is 2.73. The van der Waals surface area contributed by atoms with Crippen LogP contribution in [0.5, 0.6) is 0 Å². The summed E-state index contributed by atoms with van der Waals surface area (Å²) in [5.41, 5.74) is 0.779. The molecule has 8 heteroatoms. The van der Waals surface area contributed by atoms with Crippen molar-refractivity contribution in [2.45, 2.75) is 19.3 Å². The van der Waals surface area contributed by atoms with Gasteiger partial charge in [-0.25, -0.2) is 0 Å². The number of carbonyl (C=O) groups is 3. The quantitative estimate of drug-likeness (QED) is 0.600. The third kappa shape index (κ3) is 3.47. The number of rotatable bonds is 6. The molecule has 0 saturated heterocycles. The molecule has 0 bridgehead atoms. The highest BCUT2D eigenvalue weighted by atomic mass is 35.5. The topological polar surface area (TPSA) is 90.3 Å². The number of imide groups is 1. The summed E-state index contributed by atoms with van der Waals surface area (Å²) in [5.74, 6) is -1.19. The van der Waals surface area contributed by atoms with Crippen molar-refractivity contribution in [1.82, 2.24) is 4.90 Å². The standard InChI is InChI=1S/C18H14ClN3O3S/c19-14-8-7-13(26-14)16(23)21-12-6-4-5-11-15(12)18(25)22(17(11)24)10-3-1-2-9-20/h4-8H,1-3,10H2,(H,21,23). The van der Waals surface area contributed by atoms with E-state index in [0.717, 1.165) is 11.3 Å². The number of hydrogen-bond donors (Lipinski definition) is 1. The fourth-order valence-corrected chi connectivity index (χ4v) is 3.67. The lowest BCUT2D eigenvalue weighted by molar-refractivity contribution is 0.0652. The van der Waals surface area contributed by atoms with Crippen LogP contribution in [0.15, 0.2) is 30.3 Å². The smallest absolute Gasteiger partial charge is 0.265 e. The predicted octanol–water partition coefficient (Wildman–Crippen LogP) is 3.94. The van der Waals surface area contributed by atoms with Crippen LogP contribution in [0.4, 0.5) is 5.69 Å². The first-order chi connectivity index (χ1) is 12.5. The SMILES string of the molecule is N#CCCCCN1C(=O)c2cccc(NC(=O)c3ccc(Cl)s3)c2C1=O. The zero-order valence-corrected chi connectivity index (χ0v) is 15.2. The van der Waals surface area contributed by atoms with Gasteiger partial charge in [0.15, 0.2) is 0 Å². The van der Waals surface area contributed by atoms with Gasteiger partial charge in [0.25, 0.3) is 17.7 Å². The van der Waals surface area contributed by atoms with E-state index in [9.17, 15) is 14.4 Å². The normalized spacial score (nSPS) is 12.8. The number of nitriles is 1. The molecule has 1 aliphatic rings. The number of hydrogen-bond acceptors (Lipinski definition) is 5. The number of nitrogens with one attached hydrogen (secondary N) is 1. The summed E-state index contributed by atoms with van der Waals surface area (Å²) in [5, 5.41) is 11.3. The van der Waals surface area contributed by atoms with E-state index < -0.39 is 5.91 Å². The number of anilines is 1. The van der Waals surface area contributed by atoms with Crippen LogP contribution >= 0.6 is 22.9 Å². The minimum atomic E-state index is -0.429. The summed E-state index contributed by atoms with van der Waals surface area (Å²) in [4.78, 5) is 39.1. The average molecular weight is 388 g/mol. The van der Waals surface area contributed by atoms with Crippen LogP contribution in [0.3, 0.4) is 0 Å². The van der Waals surface area contributed by atoms with Crippen LogP contribution < -0.4 is 5.32 Å². The Hall–Kier alpha value is -2.69. The molecule has 3 amide bonds. The molecule has 2 aromatic rings. The number of fused-ring (bicyclic) bond motifs is 1. The third-order valence-corrected chi connectivity index (χ3v) is 5.19. The Balaban J connectivity index is 1.81. The second kappa shape index (κ2) is 7.68. The third-order valence-electron chi connectivity index (χ3n) is 3.96. The van der Waals surface area contributed by atoms with Crippen molar-refractivity contribution >= 4 is 46.3 Å². The molecule has 1 aromatic heterocycles. The lowest BCUT2D eigenvalue weighted by atomic mass is 10.1. The van der Waals surface area contributed by atoms with Gasteiger partial charge in [-0.05, 0) is 37.1 Å². The van der Waals surface area contributed by atoms with E-state index in [1.165, 1.54) is 4.90 Å². The van der Waals surface area contributed by atoms with E-state index in [-0.39, 0.29) is 29.5 Å². The molecule has 6 nitrogen and oxygen atoms in total. The highest BCUT2D eigenvalue weighted by molar-refractivity contribution is 7.18. The van der Waals surface area contributed by atoms with Gasteiger partial charge in [0.2, 0.25) is 0 Å². The van der Waals surface area contributed by atoms with E-state index in [0.29, 0.717) is 34.2 Å². The van der Waals surface area contributed by atoms with E-state index >= 15 is 0 Å². The van der Waals surface area contributed by atoms with E-state index in [1.807, 2.05) is 6.07 Å². The molecule has 0 unspecified atom stereocenters. The zero-order valence-electron chi connectivity index (χ0n) is 13.6. The van der Waals surface area contributed by atoms with Crippen molar-refractivity contribution in [2.24, 2.45) is 0 Å². The second-order valence-corrected chi connectivity index (χ2v) is 7.38. The number of benzene rings is 1. The Kier molecular flexibility index (Phi) is 5.35. The van der Waals surface area contributed by atoms with Gasteiger partial charge < -0.3 is 5.32 Å². The largest absolute Gasteiger partial charge is 0.321 e. The van der Waals surface area contributed by atoms with E-state index in [1.54, 1.807) is 30.3 Å². The van der Waals surface area contributed by atoms with Crippen molar-refractivity contribution in [2.75, 3.05) is 11.9 Å². The Morgan fingerprint density at radius 3 is 2.69 bits per heavy atom. The summed E-state index contributed by atoms with van der Waals surface area (Å²) in [6.07, 6.45) is 1.56. The Morgan fingerprint density at radius 2 is 2.00 bits per heavy atom. The molecule has 0 atom stereocenters. The van der Waals surface area contributed by atoms with Gasteiger partial charge in [0.05, 0.1) is 32.1 Å². The second-order valence-electron chi connectivity index (χ2n) is 5.66. The zero-order chi connectivity index (χ0) is 18.7. The number of thiophene rings is 1. The Labute approximate surface area is 159 Å². The highest BCUT2D eigenvalue weighted by Gasteiger charge is 2.37. The van der Waals surface area contributed by atoms with Crippen molar-refractivity contribution in [3.05, 3.63) is 50.7 Å². The van der Waals surface area contributed by atoms with Crippen LogP contribution in [0.25, 0.3) is 0 Å². The van der Waals surface area contributed by atoms with Crippen LogP contribution in [0, 0.1) is 11.3 Å². The van der Waals surface area contributed by atoms with Gasteiger partial charge in [-0.1, -0.05) is 17.7 Å². The maximum absolute atomic E-state index is 12.7. The Bertz CT molecular complexity index is 932. The summed E-state index contributed by atoms with van der Waals surface area (Å²) >= 11 is 6.98. The number of halogens is 1. The lowest BCUT2D eigenvalue weighted by Gasteiger charge is -2.13. The highest BCUT2D eigenvalue weighted by Crippen LogP contribution is 2.30. The molecule has 3 rings (SSSR count). The van der Waals surface area contributed by atoms with Crippen LogP contribution in [0.2, 0.25) is 4.34 Å². The molecule has 132 valence electrons. The average Bonchev–Trinajstić information content (AvgIpc) is 3.16. The van der Waals surface area contributed by atoms with Gasteiger partial charge in [-0.3, -0.25) is 19.3 Å². The van der Waals surface area contributed by atoms with Gasteiger partial charge in [0, 0.05) is 13.0 Å². The maximum atomic E-state index is 12.7. The first kappa shape index (κ1) is 18.1. The molecule has 26 heavy (non-hydrogen) atoms. The van der Waals surface area contributed by atoms with Crippen molar-refractivity contribution in [3.8, 4) is 6.07 Å². The maximum Gasteiger partial charge on any atom is 0.265 e. The molecule has 0 saturated carbocycles. The summed E-state index contributed by atoms with van der Waals surface area (Å²) in [7, 11) is 0. The minimum absolute atomic E-state index is 0.203. The number of nitrogens with zero attached hydrogens (tertiary/aromatic N) is 2. The minimum Gasteiger partial charge on any atom is -0.321 e. The summed E-state index contributed by atoms with van der Waals surface area (Å²) in [6, 6.07) is 10.0. The predicted molar refractivity (Wildman–Crippen MR) is 98.6 cm³/mol. The van der Waals surface area contributed by atoms with E-state index in [2.05, 4.69) is 5.32 Å². The number of carbonyl (C=O) groups excluding carboxylic acids is 3. The molecule has 2 heterocycles. The van der Waals surface area contributed by atoms with Gasteiger partial charge in [-0.2, -0.15) is 5.26 Å². The molecule has 1 N–H and O–H groups in total. The fraction of sp³-hybridized carbons (Fsp3) is 0.222. The van der Waals surface area contributed by atoms with Crippen LogP contribution in [0.1, 0.15) is 49.7 Å². The van der Waals surface area contributed by atoms with Crippen molar-refractivity contribution in [3.63, 3.8) is 0 Å². The van der Waals surface area contributed by atoms with Crippen molar-refractivity contribution < 1.29 is 14.4 Å². The van der Waals surface area contributed by atoms with Gasteiger partial charge in [-0.15, -0.1) is 11.3 Å². The molecule has 0 fully saturated rings. The van der Waals surface area contributed by atoms with Gasteiger partial charge >= 0.3 is 0 Å². The first-order valence-corrected chi connectivity index (χ1v) is 9.15. The van der Waals surface area contributed by atoms with Crippen LogP contribution in [-0.2, 0) is 0 Å². The molecule has 0 aliphatic carbocycles. The molecule has 1 aliphatic heterocycles. The molecule has 0 spiro atoms. The number of amides is 3. The Morgan fingerprint density at radius 1 is 1.19 bits per heavy atom. The summed E-state index contributed by atoms with van der Waals surface area (Å²) < 4.78 is 0.489. The van der Waals surface area contributed by atoms with Gasteiger partial charge in [0.1, 0.15) is 0 Å². The summed E-state index contributed by atoms with van der Waals surface area (Å²) in [6.45, 7) is 0.252. The van der Waals surface area contributed by atoms with E-state index in [4.69, 9.17) is 16.9 Å². The number of unbranched alkanes of at least 4 members (excludes halogenated alkanes) is 2. The molecular weight excluding hydrogens is 374 g/mol. The molecule has 0 radical (unpaired) electrons. The van der Waals surface area contributed by atoms with Crippen LogP contribution in [-0.4, -0.2) is 29.2 Å². The molecule has 1 aromatic carbocycles. The first-order valence-electron chi connectivity index (χ1n) is 7.95.